The second-order valence-corrected chi connectivity index (χ2v) is 4.06. The zero-order chi connectivity index (χ0) is 12.6. The smallest absolute Gasteiger partial charge is 0.126 e. The Balaban J connectivity index is 1.84. The first-order valence-corrected chi connectivity index (χ1v) is 6.19. The van der Waals surface area contributed by atoms with Crippen molar-refractivity contribution in [2.75, 3.05) is 11.9 Å². The zero-order valence-electron chi connectivity index (χ0n) is 10.6. The maximum atomic E-state index is 5.68. The summed E-state index contributed by atoms with van der Waals surface area (Å²) in [4.78, 5) is 4.23. The SMILES string of the molecule is CCNc1cc(COCc2ccccc2)ccn1. The Morgan fingerprint density at radius 3 is 2.61 bits per heavy atom. The lowest BCUT2D eigenvalue weighted by molar-refractivity contribution is 0.107. The molecule has 2 aromatic rings. The minimum atomic E-state index is 0.607. The number of nitrogens with one attached hydrogen (secondary N) is 1. The van der Waals surface area contributed by atoms with E-state index in [4.69, 9.17) is 4.74 Å². The van der Waals surface area contributed by atoms with Crippen LogP contribution in [0.2, 0.25) is 0 Å². The zero-order valence-corrected chi connectivity index (χ0v) is 10.6. The summed E-state index contributed by atoms with van der Waals surface area (Å²) in [6.07, 6.45) is 1.80. The molecule has 1 aromatic carbocycles. The minimum absolute atomic E-state index is 0.607. The van der Waals surface area contributed by atoms with Gasteiger partial charge in [-0.1, -0.05) is 30.3 Å². The van der Waals surface area contributed by atoms with Crippen molar-refractivity contribution in [2.24, 2.45) is 0 Å². The highest BCUT2D eigenvalue weighted by molar-refractivity contribution is 5.36. The molecule has 0 aliphatic heterocycles. The van der Waals surface area contributed by atoms with E-state index in [1.807, 2.05) is 30.3 Å². The van der Waals surface area contributed by atoms with Crippen LogP contribution in [0, 0.1) is 0 Å². The van der Waals surface area contributed by atoms with Crippen LogP contribution in [-0.4, -0.2) is 11.5 Å². The third kappa shape index (κ3) is 3.86. The quantitative estimate of drug-likeness (QED) is 0.844. The van der Waals surface area contributed by atoms with Gasteiger partial charge in [0.1, 0.15) is 5.82 Å². The van der Waals surface area contributed by atoms with Gasteiger partial charge in [-0.25, -0.2) is 4.98 Å². The van der Waals surface area contributed by atoms with Crippen molar-refractivity contribution in [2.45, 2.75) is 20.1 Å². The van der Waals surface area contributed by atoms with Crippen LogP contribution in [0.25, 0.3) is 0 Å². The number of anilines is 1. The van der Waals surface area contributed by atoms with Crippen molar-refractivity contribution < 1.29 is 4.74 Å². The molecule has 0 amide bonds. The van der Waals surface area contributed by atoms with Crippen molar-refractivity contribution >= 4 is 5.82 Å². The normalized spacial score (nSPS) is 10.3. The van der Waals surface area contributed by atoms with Crippen molar-refractivity contribution in [1.29, 1.82) is 0 Å². The first-order chi connectivity index (χ1) is 8.88. The molecule has 0 saturated heterocycles. The van der Waals surface area contributed by atoms with Gasteiger partial charge in [0, 0.05) is 12.7 Å². The number of rotatable bonds is 6. The molecule has 0 spiro atoms. The molecule has 0 aliphatic rings. The van der Waals surface area contributed by atoms with E-state index >= 15 is 0 Å². The van der Waals surface area contributed by atoms with Gasteiger partial charge < -0.3 is 10.1 Å². The molecule has 0 fully saturated rings. The molecule has 1 heterocycles. The topological polar surface area (TPSA) is 34.1 Å². The Kier molecular flexibility index (Phi) is 4.73. The fourth-order valence-corrected chi connectivity index (χ4v) is 1.70. The minimum Gasteiger partial charge on any atom is -0.372 e. The molecular weight excluding hydrogens is 224 g/mol. The molecule has 0 atom stereocenters. The number of ether oxygens (including phenoxy) is 1. The van der Waals surface area contributed by atoms with Crippen LogP contribution in [0.4, 0.5) is 5.82 Å². The molecule has 18 heavy (non-hydrogen) atoms. The van der Waals surface area contributed by atoms with E-state index in [1.165, 1.54) is 5.56 Å². The van der Waals surface area contributed by atoms with Crippen LogP contribution >= 0.6 is 0 Å². The monoisotopic (exact) mass is 242 g/mol. The number of nitrogens with zero attached hydrogens (tertiary/aromatic N) is 1. The van der Waals surface area contributed by atoms with Crippen LogP contribution in [0.5, 0.6) is 0 Å². The Labute approximate surface area is 108 Å². The Morgan fingerprint density at radius 2 is 1.83 bits per heavy atom. The molecule has 1 N–H and O–H groups in total. The number of pyridine rings is 1. The third-order valence-corrected chi connectivity index (χ3v) is 2.56. The average Bonchev–Trinajstić information content (AvgIpc) is 2.41. The summed E-state index contributed by atoms with van der Waals surface area (Å²) in [5.74, 6) is 0.901. The van der Waals surface area contributed by atoms with Gasteiger partial charge in [0.2, 0.25) is 0 Å². The lowest BCUT2D eigenvalue weighted by Gasteiger charge is -2.07. The molecule has 3 heteroatoms. The van der Waals surface area contributed by atoms with E-state index in [0.29, 0.717) is 13.2 Å². The maximum Gasteiger partial charge on any atom is 0.126 e. The van der Waals surface area contributed by atoms with E-state index in [0.717, 1.165) is 17.9 Å². The summed E-state index contributed by atoms with van der Waals surface area (Å²) in [6.45, 7) is 4.18. The molecular formula is C15H18N2O. The van der Waals surface area contributed by atoms with E-state index in [9.17, 15) is 0 Å². The highest BCUT2D eigenvalue weighted by Crippen LogP contribution is 2.09. The summed E-state index contributed by atoms with van der Waals surface area (Å²) >= 11 is 0. The Hall–Kier alpha value is -1.87. The first kappa shape index (κ1) is 12.6. The maximum absolute atomic E-state index is 5.68. The van der Waals surface area contributed by atoms with Gasteiger partial charge in [-0.05, 0) is 30.2 Å². The van der Waals surface area contributed by atoms with Crippen LogP contribution in [0.1, 0.15) is 18.1 Å². The number of hydrogen-bond acceptors (Lipinski definition) is 3. The fraction of sp³-hybridized carbons (Fsp3) is 0.267. The predicted octanol–water partition coefficient (Wildman–Crippen LogP) is 3.23. The number of aromatic nitrogens is 1. The third-order valence-electron chi connectivity index (χ3n) is 2.56. The molecule has 0 saturated carbocycles. The summed E-state index contributed by atoms with van der Waals surface area (Å²) in [6, 6.07) is 14.2. The summed E-state index contributed by atoms with van der Waals surface area (Å²) in [5.41, 5.74) is 2.33. The van der Waals surface area contributed by atoms with Gasteiger partial charge >= 0.3 is 0 Å². The molecule has 0 aliphatic carbocycles. The molecule has 3 nitrogen and oxygen atoms in total. The van der Waals surface area contributed by atoms with Gasteiger partial charge in [0.15, 0.2) is 0 Å². The van der Waals surface area contributed by atoms with Crippen molar-refractivity contribution in [3.05, 3.63) is 59.8 Å². The molecule has 0 radical (unpaired) electrons. The molecule has 0 unspecified atom stereocenters. The van der Waals surface area contributed by atoms with E-state index in [-0.39, 0.29) is 0 Å². The second-order valence-electron chi connectivity index (χ2n) is 4.06. The van der Waals surface area contributed by atoms with Crippen molar-refractivity contribution in [3.63, 3.8) is 0 Å². The van der Waals surface area contributed by atoms with Gasteiger partial charge in [-0.3, -0.25) is 0 Å². The highest BCUT2D eigenvalue weighted by atomic mass is 16.5. The van der Waals surface area contributed by atoms with Crippen molar-refractivity contribution in [1.82, 2.24) is 4.98 Å². The number of hydrogen-bond donors (Lipinski definition) is 1. The predicted molar refractivity (Wildman–Crippen MR) is 73.3 cm³/mol. The molecule has 0 bridgehead atoms. The van der Waals surface area contributed by atoms with E-state index in [1.54, 1.807) is 6.20 Å². The molecule has 2 rings (SSSR count). The second kappa shape index (κ2) is 6.77. The molecule has 1 aromatic heterocycles. The van der Waals surface area contributed by atoms with E-state index < -0.39 is 0 Å². The summed E-state index contributed by atoms with van der Waals surface area (Å²) in [5, 5.41) is 3.19. The largest absolute Gasteiger partial charge is 0.372 e. The van der Waals surface area contributed by atoms with Gasteiger partial charge in [0.05, 0.1) is 13.2 Å². The van der Waals surface area contributed by atoms with E-state index in [2.05, 4.69) is 29.4 Å². The first-order valence-electron chi connectivity index (χ1n) is 6.19. The van der Waals surface area contributed by atoms with Gasteiger partial charge in [-0.15, -0.1) is 0 Å². The number of benzene rings is 1. The van der Waals surface area contributed by atoms with Crippen molar-refractivity contribution in [3.8, 4) is 0 Å². The standard InChI is InChI=1S/C15H18N2O/c1-2-16-15-10-14(8-9-17-15)12-18-11-13-6-4-3-5-7-13/h3-10H,2,11-12H2,1H3,(H,16,17). The van der Waals surface area contributed by atoms with Crippen LogP contribution in [0.3, 0.4) is 0 Å². The fourth-order valence-electron chi connectivity index (χ4n) is 1.70. The average molecular weight is 242 g/mol. The lowest BCUT2D eigenvalue weighted by Crippen LogP contribution is -2.00. The van der Waals surface area contributed by atoms with Gasteiger partial charge in [-0.2, -0.15) is 0 Å². The van der Waals surface area contributed by atoms with Crippen LogP contribution in [0.15, 0.2) is 48.7 Å². The van der Waals surface area contributed by atoms with Crippen LogP contribution < -0.4 is 5.32 Å². The summed E-state index contributed by atoms with van der Waals surface area (Å²) in [7, 11) is 0. The Bertz CT molecular complexity index is 471. The van der Waals surface area contributed by atoms with Gasteiger partial charge in [0.25, 0.3) is 0 Å². The Morgan fingerprint density at radius 1 is 1.06 bits per heavy atom. The van der Waals surface area contributed by atoms with Crippen LogP contribution in [-0.2, 0) is 18.0 Å². The molecule has 94 valence electrons. The summed E-state index contributed by atoms with van der Waals surface area (Å²) < 4.78 is 5.68. The highest BCUT2D eigenvalue weighted by Gasteiger charge is 1.97. The lowest BCUT2D eigenvalue weighted by atomic mass is 10.2.